The molecule has 0 saturated heterocycles. The van der Waals surface area contributed by atoms with Crippen LogP contribution in [-0.2, 0) is 6.42 Å². The fourth-order valence-corrected chi connectivity index (χ4v) is 9.94. The molecule has 10 rings (SSSR count). The molecule has 0 spiro atoms. The molecule has 0 aliphatic rings. The monoisotopic (exact) mass is 1300 g/mol. The average molecular weight is 1310 g/mol. The van der Waals surface area contributed by atoms with Crippen LogP contribution < -0.4 is 19.1 Å². The van der Waals surface area contributed by atoms with E-state index in [1.54, 1.807) is 7.11 Å². The average Bonchev–Trinajstić information content (AvgIpc) is 1.02. The van der Waals surface area contributed by atoms with E-state index in [2.05, 4.69) is 369 Å². The summed E-state index contributed by atoms with van der Waals surface area (Å²) in [7, 11) is 5.87. The molecule has 0 aromatic heterocycles. The minimum atomic E-state index is -0.105. The van der Waals surface area contributed by atoms with Gasteiger partial charge in [-0.3, -0.25) is 0 Å². The van der Waals surface area contributed by atoms with E-state index < -0.39 is 0 Å². The van der Waals surface area contributed by atoms with Gasteiger partial charge in [0.1, 0.15) is 22.8 Å². The first-order valence-corrected chi connectivity index (χ1v) is 34.7. The molecule has 0 fully saturated rings. The van der Waals surface area contributed by atoms with Crippen molar-refractivity contribution in [3.8, 4) is 28.4 Å². The van der Waals surface area contributed by atoms with Crippen LogP contribution in [0.5, 0.6) is 17.2 Å². The molecule has 0 saturated carbocycles. The normalized spacial score (nSPS) is 10.0. The number of rotatable bonds is 8. The molecule has 0 N–H and O–H groups in total. The minimum absolute atomic E-state index is 0.105. The first kappa shape index (κ1) is 84.5. The van der Waals surface area contributed by atoms with Crippen LogP contribution in [0.2, 0.25) is 0 Å². The number of aryl methyl sites for hydroxylation is 17. The molecule has 4 heteroatoms. The maximum absolute atomic E-state index is 5.73. The van der Waals surface area contributed by atoms with E-state index in [0.717, 1.165) is 36.7 Å². The zero-order chi connectivity index (χ0) is 73.1. The van der Waals surface area contributed by atoms with Gasteiger partial charge >= 0.3 is 0 Å². The van der Waals surface area contributed by atoms with Crippen LogP contribution in [0.25, 0.3) is 11.1 Å². The lowest BCUT2D eigenvalue weighted by Gasteiger charge is -2.22. The SMILES string of the molecule is CCCOc1cc(C)c(C)c(C)c1.CCc1cc(N(C)C)cc(C)c1C.COc1cc(C)c(C)c(C)c1.Cc1cc(C)c(C)c(C)c1.Cc1cccc(C)c1C.Cc1ccccc1-c1ccccc1.Cc1ccccc1C.Cc1ccccc1C.Cc1ccccc1OC(C)(C)C. The number of nitrogens with zero attached hydrogens (tertiary/aromatic N) is 1. The lowest BCUT2D eigenvalue weighted by atomic mass is 10.0. The summed E-state index contributed by atoms with van der Waals surface area (Å²) in [4.78, 5) is 2.16. The Kier molecular flexibility index (Phi) is 37.9. The van der Waals surface area contributed by atoms with Gasteiger partial charge in [0.15, 0.2) is 0 Å². The molecule has 0 atom stereocenters. The van der Waals surface area contributed by atoms with Crippen molar-refractivity contribution in [2.45, 2.75) is 198 Å². The van der Waals surface area contributed by atoms with Gasteiger partial charge in [0, 0.05) is 19.8 Å². The Morgan fingerprint density at radius 1 is 0.330 bits per heavy atom. The van der Waals surface area contributed by atoms with Gasteiger partial charge in [-0.15, -0.1) is 0 Å². The number of para-hydroxylation sites is 1. The van der Waals surface area contributed by atoms with Crippen LogP contribution in [0.15, 0.2) is 194 Å². The fraction of sp³-hybridized carbons (Fsp3) is 0.355. The molecule has 4 nitrogen and oxygen atoms in total. The highest BCUT2D eigenvalue weighted by molar-refractivity contribution is 5.66. The second kappa shape index (κ2) is 43.5. The molecule has 0 aliphatic carbocycles. The third-order valence-corrected chi connectivity index (χ3v) is 17.7. The molecule has 0 unspecified atom stereocenters. The summed E-state index contributed by atoms with van der Waals surface area (Å²) in [6.45, 7) is 56.2. The third kappa shape index (κ3) is 31.4. The Hall–Kier alpha value is -8.60. The van der Waals surface area contributed by atoms with Gasteiger partial charge in [-0.2, -0.15) is 0 Å². The van der Waals surface area contributed by atoms with E-state index in [0.29, 0.717) is 0 Å². The second-order valence-electron chi connectivity index (χ2n) is 27.1. The van der Waals surface area contributed by atoms with Crippen molar-refractivity contribution < 1.29 is 14.2 Å². The maximum Gasteiger partial charge on any atom is 0.122 e. The molecule has 10 aromatic rings. The molecular weight excluding hydrogens is 1180 g/mol. The molecule has 0 aliphatic heterocycles. The zero-order valence-corrected chi connectivity index (χ0v) is 65.8. The third-order valence-electron chi connectivity index (χ3n) is 17.7. The number of ether oxygens (including phenoxy) is 3. The standard InChI is InChI=1S/C13H12.C12H19N.C12H18O.C11H16O.C10H14O.C10H14.C9H12.2C8H10/c1-11-7-5-6-10-13(11)12-8-3-2-4-9-12;1-6-11-8-12(13(4)5)7-9(2)10(11)3;1-5-6-13-12-7-9(2)11(4)10(3)8-12;1-9-7-5-6-8-10(9)12-11(2,3)4;1-7-5-10(11-4)6-8(2)9(7)3;1-7-5-8(2)10(4)9(3)6-7;1-7-5-4-6-8(2)9(7)3;2*1-7-5-3-4-6-8(7)2/h2-10H,1H3;7-8H,6H2,1-5H3;7-8H,5-6H2,1-4H3;5-8H,1-4H3;5-6H,1-4H3;5-6H,1-4H3;4-6H,1-3H3;2*3-6H,1-2H3. The van der Waals surface area contributed by atoms with Crippen LogP contribution in [0, 0.1) is 145 Å². The Bertz CT molecular complexity index is 3760. The molecule has 97 heavy (non-hydrogen) atoms. The Labute approximate surface area is 592 Å². The topological polar surface area (TPSA) is 30.9 Å². The van der Waals surface area contributed by atoms with Gasteiger partial charge in [0.25, 0.3) is 0 Å². The highest BCUT2D eigenvalue weighted by atomic mass is 16.5. The molecule has 0 radical (unpaired) electrons. The van der Waals surface area contributed by atoms with E-state index in [1.165, 1.54) is 139 Å². The van der Waals surface area contributed by atoms with Crippen LogP contribution in [0.3, 0.4) is 0 Å². The van der Waals surface area contributed by atoms with Crippen molar-refractivity contribution >= 4 is 5.69 Å². The van der Waals surface area contributed by atoms with Gasteiger partial charge in [-0.25, -0.2) is 0 Å². The quantitative estimate of drug-likeness (QED) is 0.152. The van der Waals surface area contributed by atoms with Crippen LogP contribution in [0.4, 0.5) is 5.69 Å². The van der Waals surface area contributed by atoms with Crippen molar-refractivity contribution in [1.82, 2.24) is 0 Å². The van der Waals surface area contributed by atoms with Crippen molar-refractivity contribution in [2.24, 2.45) is 0 Å². The van der Waals surface area contributed by atoms with Crippen molar-refractivity contribution in [3.63, 3.8) is 0 Å². The second-order valence-corrected chi connectivity index (χ2v) is 27.1. The van der Waals surface area contributed by atoms with E-state index in [1.807, 2.05) is 24.3 Å². The molecule has 10 aromatic carbocycles. The summed E-state index contributed by atoms with van der Waals surface area (Å²) in [5.41, 5.74) is 33.8. The van der Waals surface area contributed by atoms with Crippen molar-refractivity contribution in [1.29, 1.82) is 0 Å². The first-order valence-electron chi connectivity index (χ1n) is 34.7. The predicted octanol–water partition coefficient (Wildman–Crippen LogP) is 25.9. The summed E-state index contributed by atoms with van der Waals surface area (Å²) >= 11 is 0. The molecule has 0 bridgehead atoms. The molecular formula is C93H125NO3. The highest BCUT2D eigenvalue weighted by Gasteiger charge is 2.12. The molecule has 520 valence electrons. The summed E-state index contributed by atoms with van der Waals surface area (Å²) in [5, 5.41) is 0. The van der Waals surface area contributed by atoms with Crippen LogP contribution in [-0.4, -0.2) is 33.4 Å². The Morgan fingerprint density at radius 2 is 0.680 bits per heavy atom. The summed E-state index contributed by atoms with van der Waals surface area (Å²) in [6, 6.07) is 67.4. The van der Waals surface area contributed by atoms with Crippen molar-refractivity contribution in [2.75, 3.05) is 32.7 Å². The van der Waals surface area contributed by atoms with Crippen molar-refractivity contribution in [3.05, 3.63) is 317 Å². The highest BCUT2D eigenvalue weighted by Crippen LogP contribution is 2.26. The fourth-order valence-electron chi connectivity index (χ4n) is 9.94. The summed E-state index contributed by atoms with van der Waals surface area (Å²) in [5.74, 6) is 2.93. The largest absolute Gasteiger partial charge is 0.497 e. The van der Waals surface area contributed by atoms with Crippen LogP contribution >= 0.6 is 0 Å². The van der Waals surface area contributed by atoms with Gasteiger partial charge in [-0.05, 0) is 349 Å². The first-order chi connectivity index (χ1) is 45.7. The van der Waals surface area contributed by atoms with Gasteiger partial charge in [0.05, 0.1) is 13.7 Å². The summed E-state index contributed by atoms with van der Waals surface area (Å²) in [6.07, 6.45) is 2.18. The number of hydrogen-bond donors (Lipinski definition) is 0. The molecule has 0 amide bonds. The number of benzene rings is 10. The number of hydrogen-bond acceptors (Lipinski definition) is 4. The Balaban J connectivity index is 0.000000373. The Morgan fingerprint density at radius 3 is 1.04 bits per heavy atom. The number of methoxy groups -OCH3 is 1. The zero-order valence-electron chi connectivity index (χ0n) is 65.8. The van der Waals surface area contributed by atoms with E-state index in [-0.39, 0.29) is 5.60 Å². The van der Waals surface area contributed by atoms with E-state index in [9.17, 15) is 0 Å². The lowest BCUT2D eigenvalue weighted by Crippen LogP contribution is -2.23. The summed E-state index contributed by atoms with van der Waals surface area (Å²) < 4.78 is 16.4. The van der Waals surface area contributed by atoms with E-state index in [4.69, 9.17) is 14.2 Å². The minimum Gasteiger partial charge on any atom is -0.497 e. The maximum atomic E-state index is 5.73. The smallest absolute Gasteiger partial charge is 0.122 e. The lowest BCUT2D eigenvalue weighted by molar-refractivity contribution is 0.130. The van der Waals surface area contributed by atoms with Gasteiger partial charge in [-0.1, -0.05) is 171 Å². The van der Waals surface area contributed by atoms with Gasteiger partial charge in [0.2, 0.25) is 0 Å². The number of anilines is 1. The van der Waals surface area contributed by atoms with Gasteiger partial charge < -0.3 is 19.1 Å². The van der Waals surface area contributed by atoms with Crippen LogP contribution in [0.1, 0.15) is 163 Å². The molecule has 0 heterocycles. The predicted molar refractivity (Wildman–Crippen MR) is 429 cm³/mol. The van der Waals surface area contributed by atoms with E-state index >= 15 is 0 Å².